The Morgan fingerprint density at radius 3 is 2.81 bits per heavy atom. The van der Waals surface area contributed by atoms with E-state index < -0.39 is 0 Å². The minimum Gasteiger partial charge on any atom is -0.341 e. The fourth-order valence-corrected chi connectivity index (χ4v) is 2.52. The van der Waals surface area contributed by atoms with Gasteiger partial charge in [0.15, 0.2) is 6.04 Å². The molecule has 1 atom stereocenters. The van der Waals surface area contributed by atoms with Crippen LogP contribution in [0.4, 0.5) is 0 Å². The molecule has 3 heteroatoms. The van der Waals surface area contributed by atoms with Crippen LogP contribution in [0.3, 0.4) is 0 Å². The van der Waals surface area contributed by atoms with Gasteiger partial charge >= 0.3 is 0 Å². The highest BCUT2D eigenvalue weighted by Crippen LogP contribution is 2.22. The van der Waals surface area contributed by atoms with Crippen LogP contribution < -0.4 is 5.32 Å². The van der Waals surface area contributed by atoms with Gasteiger partial charge in [-0.2, -0.15) is 0 Å². The number of hydrogen-bond donors (Lipinski definition) is 1. The van der Waals surface area contributed by atoms with Gasteiger partial charge in [-0.1, -0.05) is 23.7 Å². The normalized spacial score (nSPS) is 19.4. The van der Waals surface area contributed by atoms with Gasteiger partial charge in [0.2, 0.25) is 0 Å². The lowest BCUT2D eigenvalue weighted by Gasteiger charge is -2.23. The lowest BCUT2D eigenvalue weighted by Crippen LogP contribution is -2.88. The Hall–Kier alpha value is -1.25. The Kier molecular flexibility index (Phi) is 2.46. The summed E-state index contributed by atoms with van der Waals surface area (Å²) in [7, 11) is 0. The number of aromatic nitrogens is 1. The molecule has 0 aliphatic carbocycles. The maximum Gasteiger partial charge on any atom is 0.152 e. The SMILES string of the molecule is Clc1ccc([C@@H]2[NH2+]CCn3cccc32)cc1. The van der Waals surface area contributed by atoms with Gasteiger partial charge in [0.1, 0.15) is 0 Å². The average Bonchev–Trinajstić information content (AvgIpc) is 2.78. The first kappa shape index (κ1) is 9.94. The molecule has 82 valence electrons. The molecule has 0 unspecified atom stereocenters. The third-order valence-corrected chi connectivity index (χ3v) is 3.44. The molecule has 0 bridgehead atoms. The highest BCUT2D eigenvalue weighted by atomic mass is 35.5. The molecule has 1 aromatic carbocycles. The van der Waals surface area contributed by atoms with Crippen molar-refractivity contribution in [2.24, 2.45) is 0 Å². The molecular formula is C13H14ClN2+. The van der Waals surface area contributed by atoms with Gasteiger partial charge in [0.05, 0.1) is 18.8 Å². The predicted octanol–water partition coefficient (Wildman–Crippen LogP) is 1.81. The lowest BCUT2D eigenvalue weighted by molar-refractivity contribution is -0.693. The zero-order valence-corrected chi connectivity index (χ0v) is 9.69. The summed E-state index contributed by atoms with van der Waals surface area (Å²) in [5, 5.41) is 3.19. The van der Waals surface area contributed by atoms with Crippen LogP contribution in [0.2, 0.25) is 5.02 Å². The van der Waals surface area contributed by atoms with Gasteiger partial charge in [-0.25, -0.2) is 0 Å². The smallest absolute Gasteiger partial charge is 0.152 e. The monoisotopic (exact) mass is 233 g/mol. The topological polar surface area (TPSA) is 21.5 Å². The number of halogens is 1. The van der Waals surface area contributed by atoms with E-state index in [9.17, 15) is 0 Å². The zero-order valence-electron chi connectivity index (χ0n) is 8.94. The van der Waals surface area contributed by atoms with E-state index in [1.54, 1.807) is 0 Å². The highest BCUT2D eigenvalue weighted by Gasteiger charge is 2.24. The molecule has 1 aliphatic rings. The van der Waals surface area contributed by atoms with Crippen molar-refractivity contribution in [3.8, 4) is 0 Å². The maximum absolute atomic E-state index is 5.91. The minimum absolute atomic E-state index is 0.418. The van der Waals surface area contributed by atoms with Crippen molar-refractivity contribution in [3.05, 3.63) is 58.9 Å². The Balaban J connectivity index is 2.00. The summed E-state index contributed by atoms with van der Waals surface area (Å²) in [6.45, 7) is 2.24. The maximum atomic E-state index is 5.91. The number of rotatable bonds is 1. The van der Waals surface area contributed by atoms with Crippen LogP contribution in [0.1, 0.15) is 17.3 Å². The van der Waals surface area contributed by atoms with Gasteiger partial charge in [-0.15, -0.1) is 0 Å². The molecule has 0 amide bonds. The van der Waals surface area contributed by atoms with Crippen LogP contribution in [0.25, 0.3) is 0 Å². The number of hydrogen-bond acceptors (Lipinski definition) is 0. The molecule has 16 heavy (non-hydrogen) atoms. The van der Waals surface area contributed by atoms with Gasteiger partial charge in [-0.05, 0) is 24.3 Å². The van der Waals surface area contributed by atoms with Crippen LogP contribution in [-0.2, 0) is 6.54 Å². The summed E-state index contributed by atoms with van der Waals surface area (Å²) >= 11 is 5.91. The van der Waals surface area contributed by atoms with Crippen molar-refractivity contribution < 1.29 is 5.32 Å². The van der Waals surface area contributed by atoms with Gasteiger partial charge in [0, 0.05) is 16.8 Å². The number of fused-ring (bicyclic) bond motifs is 1. The summed E-state index contributed by atoms with van der Waals surface area (Å²) in [6.07, 6.45) is 2.16. The third-order valence-electron chi connectivity index (χ3n) is 3.18. The fourth-order valence-electron chi connectivity index (χ4n) is 2.39. The summed E-state index contributed by atoms with van der Waals surface area (Å²) in [5.74, 6) is 0. The van der Waals surface area contributed by atoms with E-state index in [4.69, 9.17) is 11.6 Å². The number of nitrogens with two attached hydrogens (primary N) is 1. The van der Waals surface area contributed by atoms with E-state index in [0.29, 0.717) is 6.04 Å². The van der Waals surface area contributed by atoms with Gasteiger partial charge in [0.25, 0.3) is 0 Å². The van der Waals surface area contributed by atoms with Gasteiger partial charge < -0.3 is 9.88 Å². The predicted molar refractivity (Wildman–Crippen MR) is 64.5 cm³/mol. The van der Waals surface area contributed by atoms with Crippen LogP contribution in [-0.4, -0.2) is 11.1 Å². The summed E-state index contributed by atoms with van der Waals surface area (Å²) in [5.41, 5.74) is 2.71. The molecule has 1 aliphatic heterocycles. The Morgan fingerprint density at radius 1 is 1.19 bits per heavy atom. The van der Waals surface area contributed by atoms with E-state index >= 15 is 0 Å². The second-order valence-corrected chi connectivity index (χ2v) is 4.62. The van der Waals surface area contributed by atoms with E-state index in [-0.39, 0.29) is 0 Å². The standard InChI is InChI=1S/C13H13ClN2/c14-11-5-3-10(4-6-11)13-12-2-1-8-16(12)9-7-15-13/h1-6,8,13,15H,7,9H2/p+1/t13-/m0/s1. The first-order valence-corrected chi connectivity index (χ1v) is 5.96. The molecule has 0 fully saturated rings. The second kappa shape index (κ2) is 3.96. The molecule has 2 nitrogen and oxygen atoms in total. The fraction of sp³-hybridized carbons (Fsp3) is 0.231. The Bertz CT molecular complexity index is 487. The van der Waals surface area contributed by atoms with Crippen molar-refractivity contribution in [2.45, 2.75) is 12.6 Å². The van der Waals surface area contributed by atoms with Crippen molar-refractivity contribution in [3.63, 3.8) is 0 Å². The Morgan fingerprint density at radius 2 is 2.00 bits per heavy atom. The van der Waals surface area contributed by atoms with E-state index in [2.05, 4.69) is 40.3 Å². The minimum atomic E-state index is 0.418. The molecule has 2 heterocycles. The molecule has 3 rings (SSSR count). The van der Waals surface area contributed by atoms with Crippen LogP contribution in [0.5, 0.6) is 0 Å². The molecule has 1 aromatic heterocycles. The molecule has 2 N–H and O–H groups in total. The average molecular weight is 234 g/mol. The van der Waals surface area contributed by atoms with Crippen molar-refractivity contribution >= 4 is 11.6 Å². The summed E-state index contributed by atoms with van der Waals surface area (Å²) in [4.78, 5) is 0. The molecule has 0 saturated carbocycles. The van der Waals surface area contributed by atoms with Crippen molar-refractivity contribution in [1.29, 1.82) is 0 Å². The van der Waals surface area contributed by atoms with E-state index in [1.165, 1.54) is 11.3 Å². The lowest BCUT2D eigenvalue weighted by atomic mass is 10.0. The van der Waals surface area contributed by atoms with E-state index in [0.717, 1.165) is 18.1 Å². The first-order chi connectivity index (χ1) is 7.84. The number of nitrogens with zero attached hydrogens (tertiary/aromatic N) is 1. The second-order valence-electron chi connectivity index (χ2n) is 4.18. The number of benzene rings is 1. The molecule has 0 radical (unpaired) electrons. The van der Waals surface area contributed by atoms with Crippen molar-refractivity contribution in [1.82, 2.24) is 4.57 Å². The van der Waals surface area contributed by atoms with Crippen LogP contribution >= 0.6 is 11.6 Å². The largest absolute Gasteiger partial charge is 0.341 e. The Labute approximate surface area is 99.8 Å². The van der Waals surface area contributed by atoms with Gasteiger partial charge in [-0.3, -0.25) is 0 Å². The first-order valence-electron chi connectivity index (χ1n) is 5.58. The molecular weight excluding hydrogens is 220 g/mol. The molecule has 0 spiro atoms. The molecule has 0 saturated heterocycles. The van der Waals surface area contributed by atoms with E-state index in [1.807, 2.05) is 12.1 Å². The molecule has 2 aromatic rings. The highest BCUT2D eigenvalue weighted by molar-refractivity contribution is 6.30. The third kappa shape index (κ3) is 1.64. The number of quaternary nitrogens is 1. The summed E-state index contributed by atoms with van der Waals surface area (Å²) < 4.78 is 2.33. The summed E-state index contributed by atoms with van der Waals surface area (Å²) in [6, 6.07) is 12.9. The van der Waals surface area contributed by atoms with Crippen LogP contribution in [0.15, 0.2) is 42.6 Å². The van der Waals surface area contributed by atoms with Crippen LogP contribution in [0, 0.1) is 0 Å². The van der Waals surface area contributed by atoms with Crippen molar-refractivity contribution in [2.75, 3.05) is 6.54 Å². The zero-order chi connectivity index (χ0) is 11.0. The quantitative estimate of drug-likeness (QED) is 0.776.